The van der Waals surface area contributed by atoms with Crippen molar-refractivity contribution < 1.29 is 9.53 Å². The number of carbonyl (C=O) groups is 1. The normalized spacial score (nSPS) is 29.5. The Balaban J connectivity index is 1.71. The average molecular weight is 422 g/mol. The molecule has 2 atom stereocenters. The maximum absolute atomic E-state index is 13.6. The Morgan fingerprint density at radius 1 is 1.26 bits per heavy atom. The second-order valence-electron chi connectivity index (χ2n) is 9.54. The van der Waals surface area contributed by atoms with E-state index in [1.807, 2.05) is 6.92 Å². The fourth-order valence-corrected chi connectivity index (χ4v) is 5.71. The minimum Gasteiger partial charge on any atom is -0.378 e. The highest BCUT2D eigenvalue weighted by Gasteiger charge is 2.54. The van der Waals surface area contributed by atoms with E-state index in [0.717, 1.165) is 67.2 Å². The first-order chi connectivity index (χ1) is 14.9. The molecule has 1 aromatic carbocycles. The van der Waals surface area contributed by atoms with E-state index in [2.05, 4.69) is 70.8 Å². The highest BCUT2D eigenvalue weighted by Crippen LogP contribution is 2.53. The van der Waals surface area contributed by atoms with Crippen LogP contribution in [0.15, 0.2) is 57.0 Å². The van der Waals surface area contributed by atoms with Crippen LogP contribution < -0.4 is 15.5 Å². The number of ether oxygens (including phenoxy) is 1. The van der Waals surface area contributed by atoms with Gasteiger partial charge in [0.25, 0.3) is 5.91 Å². The molecule has 5 rings (SSSR count). The Hall–Kier alpha value is -2.67. The molecule has 4 aliphatic heterocycles. The molecule has 1 fully saturated rings. The maximum atomic E-state index is 13.6. The van der Waals surface area contributed by atoms with Crippen LogP contribution in [-0.4, -0.2) is 43.9 Å². The van der Waals surface area contributed by atoms with Gasteiger partial charge in [-0.2, -0.15) is 10.2 Å². The molecule has 2 unspecified atom stereocenters. The predicted molar refractivity (Wildman–Crippen MR) is 120 cm³/mol. The van der Waals surface area contributed by atoms with Crippen molar-refractivity contribution in [2.75, 3.05) is 31.2 Å². The first-order valence-corrected chi connectivity index (χ1v) is 11.2. The third-order valence-electron chi connectivity index (χ3n) is 7.03. The Morgan fingerprint density at radius 3 is 2.77 bits per heavy atom. The van der Waals surface area contributed by atoms with Gasteiger partial charge in [0.2, 0.25) is 0 Å². The second-order valence-corrected chi connectivity index (χ2v) is 9.54. The van der Waals surface area contributed by atoms with Crippen LogP contribution in [0.25, 0.3) is 0 Å². The van der Waals surface area contributed by atoms with Gasteiger partial charge in [-0.25, -0.2) is 0 Å². The van der Waals surface area contributed by atoms with Crippen molar-refractivity contribution in [1.82, 2.24) is 10.6 Å². The summed E-state index contributed by atoms with van der Waals surface area (Å²) in [4.78, 5) is 15.9. The molecule has 0 bridgehead atoms. The van der Waals surface area contributed by atoms with Gasteiger partial charge in [0.05, 0.1) is 29.9 Å². The van der Waals surface area contributed by atoms with Gasteiger partial charge in [-0.1, -0.05) is 19.1 Å². The van der Waals surface area contributed by atoms with E-state index in [1.165, 1.54) is 5.69 Å². The summed E-state index contributed by atoms with van der Waals surface area (Å²) in [7, 11) is 0. The van der Waals surface area contributed by atoms with E-state index in [9.17, 15) is 4.79 Å². The highest BCUT2D eigenvalue weighted by molar-refractivity contribution is 6.00. The molecule has 164 valence electrons. The van der Waals surface area contributed by atoms with Crippen LogP contribution in [0.4, 0.5) is 5.69 Å². The quantitative estimate of drug-likeness (QED) is 0.784. The number of nitrogens with zero attached hydrogens (tertiary/aromatic N) is 3. The number of amides is 1. The van der Waals surface area contributed by atoms with E-state index in [0.29, 0.717) is 0 Å². The highest BCUT2D eigenvalue weighted by atomic mass is 16.5. The number of azo groups is 1. The lowest BCUT2D eigenvalue weighted by atomic mass is 9.61. The molecule has 7 heteroatoms. The SMILES string of the molecule is CCC1(c2cccc(N3CCOCC3)c2)C2=C(CC(C)(C)NC2=O)NC2N=NC(C)=C21. The molecule has 0 saturated carbocycles. The van der Waals surface area contributed by atoms with Crippen molar-refractivity contribution in [3.8, 4) is 0 Å². The van der Waals surface area contributed by atoms with Crippen molar-refractivity contribution in [2.45, 2.75) is 57.7 Å². The molecule has 7 nitrogen and oxygen atoms in total. The van der Waals surface area contributed by atoms with Crippen molar-refractivity contribution in [1.29, 1.82) is 0 Å². The molecule has 0 aromatic heterocycles. The number of morpholine rings is 1. The molecule has 1 amide bonds. The van der Waals surface area contributed by atoms with Crippen LogP contribution >= 0.6 is 0 Å². The maximum Gasteiger partial charge on any atom is 0.250 e. The molecule has 1 aromatic rings. The van der Waals surface area contributed by atoms with E-state index < -0.39 is 5.41 Å². The third-order valence-corrected chi connectivity index (χ3v) is 7.03. The molecule has 4 heterocycles. The molecule has 4 aliphatic rings. The van der Waals surface area contributed by atoms with Gasteiger partial charge in [0, 0.05) is 42.0 Å². The first-order valence-electron chi connectivity index (χ1n) is 11.2. The molecule has 31 heavy (non-hydrogen) atoms. The van der Waals surface area contributed by atoms with Crippen molar-refractivity contribution in [3.63, 3.8) is 0 Å². The summed E-state index contributed by atoms with van der Waals surface area (Å²) in [5.41, 5.74) is 5.28. The fourth-order valence-electron chi connectivity index (χ4n) is 5.71. The largest absolute Gasteiger partial charge is 0.378 e. The smallest absolute Gasteiger partial charge is 0.250 e. The van der Waals surface area contributed by atoms with E-state index >= 15 is 0 Å². The molecule has 0 spiro atoms. The lowest BCUT2D eigenvalue weighted by Gasteiger charge is -2.48. The van der Waals surface area contributed by atoms with Crippen LogP contribution in [-0.2, 0) is 14.9 Å². The Labute approximate surface area is 183 Å². The van der Waals surface area contributed by atoms with E-state index in [-0.39, 0.29) is 17.6 Å². The van der Waals surface area contributed by atoms with E-state index in [4.69, 9.17) is 4.74 Å². The molecule has 0 aliphatic carbocycles. The topological polar surface area (TPSA) is 78.3 Å². The van der Waals surface area contributed by atoms with Crippen LogP contribution in [0.1, 0.15) is 46.1 Å². The molecule has 1 saturated heterocycles. The Kier molecular flexibility index (Phi) is 4.70. The number of nitrogens with one attached hydrogen (secondary N) is 2. The van der Waals surface area contributed by atoms with Crippen LogP contribution in [0, 0.1) is 0 Å². The monoisotopic (exact) mass is 421 g/mol. The zero-order valence-corrected chi connectivity index (χ0v) is 18.8. The van der Waals surface area contributed by atoms with Crippen molar-refractivity contribution >= 4 is 11.6 Å². The summed E-state index contributed by atoms with van der Waals surface area (Å²) >= 11 is 0. The minimum atomic E-state index is -0.554. The summed E-state index contributed by atoms with van der Waals surface area (Å²) in [5, 5.41) is 15.8. The standard InChI is InChI=1S/C24H31N5O2/c1-5-24(16-7-6-8-17(13-16)29-9-11-31-12-10-29)19-15(2)27-28-21(19)25-18-14-23(3,4)26-22(30)20(18)24/h6-8,13,21,25H,5,9-12,14H2,1-4H3,(H,26,30). The molecular formula is C24H31N5O2. The summed E-state index contributed by atoms with van der Waals surface area (Å²) in [5.74, 6) is 0.00280. The van der Waals surface area contributed by atoms with E-state index in [1.54, 1.807) is 0 Å². The van der Waals surface area contributed by atoms with Gasteiger partial charge in [0.15, 0.2) is 6.17 Å². The van der Waals surface area contributed by atoms with Gasteiger partial charge in [-0.05, 0) is 44.9 Å². The second kappa shape index (κ2) is 7.19. The molecule has 2 N–H and O–H groups in total. The van der Waals surface area contributed by atoms with Crippen molar-refractivity contribution in [3.05, 3.63) is 52.4 Å². The fraction of sp³-hybridized carbons (Fsp3) is 0.542. The Morgan fingerprint density at radius 2 is 2.03 bits per heavy atom. The zero-order valence-electron chi connectivity index (χ0n) is 18.8. The number of hydrogen-bond acceptors (Lipinski definition) is 6. The molecular weight excluding hydrogens is 390 g/mol. The van der Waals surface area contributed by atoms with Gasteiger partial charge in [0.1, 0.15) is 0 Å². The van der Waals surface area contributed by atoms with Gasteiger partial charge >= 0.3 is 0 Å². The van der Waals surface area contributed by atoms with Gasteiger partial charge in [-0.15, -0.1) is 0 Å². The summed E-state index contributed by atoms with van der Waals surface area (Å²) in [6.07, 6.45) is 1.30. The Bertz CT molecular complexity index is 1020. The van der Waals surface area contributed by atoms with Gasteiger partial charge in [-0.3, -0.25) is 4.79 Å². The lowest BCUT2D eigenvalue weighted by molar-refractivity contribution is -0.120. The van der Waals surface area contributed by atoms with Crippen molar-refractivity contribution in [2.24, 2.45) is 10.2 Å². The minimum absolute atomic E-state index is 0.00280. The average Bonchev–Trinajstić information content (AvgIpc) is 3.13. The van der Waals surface area contributed by atoms with Crippen LogP contribution in [0.5, 0.6) is 0 Å². The summed E-state index contributed by atoms with van der Waals surface area (Å²) in [6, 6.07) is 8.68. The van der Waals surface area contributed by atoms with Gasteiger partial charge < -0.3 is 20.3 Å². The number of fused-ring (bicyclic) bond motifs is 1. The van der Waals surface area contributed by atoms with Crippen LogP contribution in [0.3, 0.4) is 0 Å². The number of carbonyl (C=O) groups excluding carboxylic acids is 1. The first kappa shape index (κ1) is 20.2. The lowest BCUT2D eigenvalue weighted by Crippen LogP contribution is -2.58. The zero-order chi connectivity index (χ0) is 21.8. The predicted octanol–water partition coefficient (Wildman–Crippen LogP) is 3.39. The summed E-state index contributed by atoms with van der Waals surface area (Å²) < 4.78 is 5.54. The number of allylic oxidation sites excluding steroid dienone is 1. The third kappa shape index (κ3) is 3.09. The summed E-state index contributed by atoms with van der Waals surface area (Å²) in [6.45, 7) is 11.5. The number of hydrogen-bond donors (Lipinski definition) is 2. The molecule has 0 radical (unpaired) electrons. The number of benzene rings is 1. The van der Waals surface area contributed by atoms with Crippen LogP contribution in [0.2, 0.25) is 0 Å². The number of rotatable bonds is 3. The number of anilines is 1.